The number of nitrogens with zero attached hydrogens (tertiary/aromatic N) is 1. The van der Waals surface area contributed by atoms with Crippen LogP contribution in [0.1, 0.15) is 17.7 Å². The summed E-state index contributed by atoms with van der Waals surface area (Å²) in [6, 6.07) is 4.16. The van der Waals surface area contributed by atoms with Crippen molar-refractivity contribution in [3.8, 4) is 0 Å². The maximum absolute atomic E-state index is 6.91. The highest BCUT2D eigenvalue weighted by Gasteiger charge is 2.43. The van der Waals surface area contributed by atoms with E-state index in [1.165, 1.54) is 10.5 Å². The van der Waals surface area contributed by atoms with Gasteiger partial charge < -0.3 is 0 Å². The van der Waals surface area contributed by atoms with Crippen LogP contribution in [0.4, 0.5) is 0 Å². The van der Waals surface area contributed by atoms with Crippen LogP contribution in [0, 0.1) is 0 Å². The molecule has 100 valence electrons. The molecule has 1 aromatic heterocycles. The van der Waals surface area contributed by atoms with E-state index in [0.29, 0.717) is 0 Å². The number of halogens is 2. The van der Waals surface area contributed by atoms with Gasteiger partial charge in [0, 0.05) is 17.8 Å². The fourth-order valence-corrected chi connectivity index (χ4v) is 4.17. The third-order valence-corrected chi connectivity index (χ3v) is 5.63. The number of piperidine rings is 1. The summed E-state index contributed by atoms with van der Waals surface area (Å²) in [6.07, 6.45) is 6.97. The van der Waals surface area contributed by atoms with E-state index in [1.807, 2.05) is 6.07 Å². The Balaban J connectivity index is 2.00. The molecule has 0 aromatic carbocycles. The van der Waals surface area contributed by atoms with Crippen molar-refractivity contribution in [1.82, 2.24) is 4.42 Å². The topological polar surface area (TPSA) is 3.24 Å². The van der Waals surface area contributed by atoms with Crippen molar-refractivity contribution in [3.63, 3.8) is 0 Å². The lowest BCUT2D eigenvalue weighted by atomic mass is 9.83. The Morgan fingerprint density at radius 2 is 2.32 bits per heavy atom. The van der Waals surface area contributed by atoms with Crippen molar-refractivity contribution in [3.05, 3.63) is 57.8 Å². The Labute approximate surface area is 127 Å². The van der Waals surface area contributed by atoms with Gasteiger partial charge in [-0.1, -0.05) is 42.0 Å². The maximum atomic E-state index is 6.91. The van der Waals surface area contributed by atoms with Gasteiger partial charge in [-0.25, -0.2) is 0 Å². The lowest BCUT2D eigenvalue weighted by molar-refractivity contribution is 0.312. The average molecular weight is 312 g/mol. The summed E-state index contributed by atoms with van der Waals surface area (Å²) >= 11 is 15.0. The second-order valence-electron chi connectivity index (χ2n) is 5.00. The SMILES string of the molecule is C=C1C=C2C(=CC1)CCN(Cl)C2(Cl)Cc1cccs1. The first-order chi connectivity index (χ1) is 9.09. The smallest absolute Gasteiger partial charge is 0.140 e. The molecule has 1 fully saturated rings. The van der Waals surface area contributed by atoms with Gasteiger partial charge in [-0.15, -0.1) is 11.3 Å². The lowest BCUT2D eigenvalue weighted by Gasteiger charge is -2.42. The second-order valence-corrected chi connectivity index (χ2v) is 7.07. The molecule has 19 heavy (non-hydrogen) atoms. The van der Waals surface area contributed by atoms with E-state index in [1.54, 1.807) is 15.8 Å². The van der Waals surface area contributed by atoms with Crippen LogP contribution in [0.5, 0.6) is 0 Å². The molecule has 1 atom stereocenters. The van der Waals surface area contributed by atoms with E-state index in [9.17, 15) is 0 Å². The van der Waals surface area contributed by atoms with Crippen LogP contribution >= 0.6 is 34.7 Å². The molecule has 1 saturated heterocycles. The van der Waals surface area contributed by atoms with Crippen molar-refractivity contribution in [2.24, 2.45) is 0 Å². The number of thiophene rings is 1. The van der Waals surface area contributed by atoms with Crippen molar-refractivity contribution >= 4 is 34.7 Å². The number of rotatable bonds is 2. The van der Waals surface area contributed by atoms with E-state index in [-0.39, 0.29) is 0 Å². The Morgan fingerprint density at radius 3 is 3.05 bits per heavy atom. The summed E-state index contributed by atoms with van der Waals surface area (Å²) in [6.45, 7) is 4.84. The van der Waals surface area contributed by atoms with Gasteiger partial charge in [-0.05, 0) is 47.2 Å². The highest BCUT2D eigenvalue weighted by molar-refractivity contribution is 7.09. The van der Waals surface area contributed by atoms with E-state index < -0.39 is 5.00 Å². The van der Waals surface area contributed by atoms with E-state index in [4.69, 9.17) is 23.4 Å². The first-order valence-electron chi connectivity index (χ1n) is 6.34. The zero-order chi connectivity index (χ0) is 13.5. The second kappa shape index (κ2) is 5.10. The van der Waals surface area contributed by atoms with Gasteiger partial charge in [0.05, 0.1) is 0 Å². The molecule has 0 bridgehead atoms. The molecule has 1 aromatic rings. The zero-order valence-corrected chi connectivity index (χ0v) is 12.9. The monoisotopic (exact) mass is 311 g/mol. The van der Waals surface area contributed by atoms with Crippen LogP contribution in [-0.2, 0) is 6.42 Å². The lowest BCUT2D eigenvalue weighted by Crippen LogP contribution is -2.46. The van der Waals surface area contributed by atoms with Gasteiger partial charge in [-0.3, -0.25) is 0 Å². The van der Waals surface area contributed by atoms with E-state index >= 15 is 0 Å². The molecule has 0 saturated carbocycles. The van der Waals surface area contributed by atoms with Gasteiger partial charge in [0.15, 0.2) is 0 Å². The van der Waals surface area contributed by atoms with Crippen LogP contribution in [0.2, 0.25) is 0 Å². The minimum atomic E-state index is -0.653. The fourth-order valence-electron chi connectivity index (χ4n) is 2.66. The zero-order valence-electron chi connectivity index (χ0n) is 10.5. The number of fused-ring (bicyclic) bond motifs is 1. The summed E-state index contributed by atoms with van der Waals surface area (Å²) in [4.78, 5) is 0.596. The van der Waals surface area contributed by atoms with Crippen LogP contribution < -0.4 is 0 Å². The molecule has 4 heteroatoms. The van der Waals surface area contributed by atoms with Crippen LogP contribution in [0.3, 0.4) is 0 Å². The molecular weight excluding hydrogens is 297 g/mol. The van der Waals surface area contributed by atoms with Crippen LogP contribution in [-0.4, -0.2) is 16.0 Å². The summed E-state index contributed by atoms with van der Waals surface area (Å²) in [7, 11) is 0. The highest BCUT2D eigenvalue weighted by atomic mass is 35.5. The van der Waals surface area contributed by atoms with Crippen molar-refractivity contribution < 1.29 is 0 Å². The first kappa shape index (κ1) is 13.4. The largest absolute Gasteiger partial charge is 0.195 e. The molecule has 0 spiro atoms. The molecule has 3 rings (SSSR count). The van der Waals surface area contributed by atoms with E-state index in [0.717, 1.165) is 37.0 Å². The standard InChI is InChI=1S/C15H15Cl2NS/c1-11-4-5-12-6-7-18(17)15(16,14(12)9-11)10-13-3-2-8-19-13/h2-3,5,8-9H,1,4,6-7,10H2. The summed E-state index contributed by atoms with van der Waals surface area (Å²) in [5, 5.41) is 2.07. The third kappa shape index (κ3) is 2.43. The Hall–Kier alpha value is -0.540. The quantitative estimate of drug-likeness (QED) is 0.426. The molecular formula is C15H15Cl2NS. The van der Waals surface area contributed by atoms with Crippen LogP contribution in [0.15, 0.2) is 53.0 Å². The molecule has 1 unspecified atom stereocenters. The third-order valence-electron chi connectivity index (χ3n) is 3.67. The molecule has 2 aliphatic rings. The summed E-state index contributed by atoms with van der Waals surface area (Å²) < 4.78 is 1.75. The van der Waals surface area contributed by atoms with Crippen molar-refractivity contribution in [2.45, 2.75) is 24.3 Å². The Kier molecular flexibility index (Phi) is 3.61. The molecule has 1 aliphatic heterocycles. The van der Waals surface area contributed by atoms with Gasteiger partial charge in [0.2, 0.25) is 0 Å². The van der Waals surface area contributed by atoms with Gasteiger partial charge >= 0.3 is 0 Å². The minimum Gasteiger partial charge on any atom is -0.195 e. The highest BCUT2D eigenvalue weighted by Crippen LogP contribution is 2.46. The molecule has 0 amide bonds. The molecule has 1 nitrogen and oxygen atoms in total. The van der Waals surface area contributed by atoms with Crippen LogP contribution in [0.25, 0.3) is 0 Å². The summed E-state index contributed by atoms with van der Waals surface area (Å²) in [5.41, 5.74) is 3.55. The maximum Gasteiger partial charge on any atom is 0.140 e. The number of hydrogen-bond acceptors (Lipinski definition) is 2. The van der Waals surface area contributed by atoms with Gasteiger partial charge in [-0.2, -0.15) is 4.42 Å². The number of alkyl halides is 1. The molecule has 0 N–H and O–H groups in total. The first-order valence-corrected chi connectivity index (χ1v) is 7.93. The predicted molar refractivity (Wildman–Crippen MR) is 83.7 cm³/mol. The van der Waals surface area contributed by atoms with E-state index in [2.05, 4.69) is 30.2 Å². The van der Waals surface area contributed by atoms with Crippen molar-refractivity contribution in [2.75, 3.05) is 6.54 Å². The molecule has 2 heterocycles. The number of allylic oxidation sites excluding steroid dienone is 3. The molecule has 1 aliphatic carbocycles. The van der Waals surface area contributed by atoms with Gasteiger partial charge in [0.25, 0.3) is 0 Å². The Bertz CT molecular complexity index is 559. The van der Waals surface area contributed by atoms with Gasteiger partial charge in [0.1, 0.15) is 5.00 Å². The minimum absolute atomic E-state index is 0.653. The Morgan fingerprint density at radius 1 is 1.47 bits per heavy atom. The van der Waals surface area contributed by atoms with Crippen molar-refractivity contribution in [1.29, 1.82) is 0 Å². The molecule has 0 radical (unpaired) electrons. The average Bonchev–Trinajstić information content (AvgIpc) is 2.88. The summed E-state index contributed by atoms with van der Waals surface area (Å²) in [5.74, 6) is 0. The number of hydrogen-bond donors (Lipinski definition) is 0. The fraction of sp³-hybridized carbons (Fsp3) is 0.333. The predicted octanol–water partition coefficient (Wildman–Crippen LogP) is 4.90. The normalized spacial score (nSPS) is 27.8.